The minimum Gasteiger partial charge on any atom is -0.395 e. The van der Waals surface area contributed by atoms with E-state index in [2.05, 4.69) is 4.90 Å². The van der Waals surface area contributed by atoms with Crippen LogP contribution < -0.4 is 0 Å². The predicted molar refractivity (Wildman–Crippen MR) is 66.1 cm³/mol. The minimum absolute atomic E-state index is 0.283. The first-order valence-corrected chi connectivity index (χ1v) is 6.94. The maximum Gasteiger partial charge on any atom is 0.0809 e. The third-order valence-corrected chi connectivity index (χ3v) is 3.81. The molecule has 0 spiro atoms. The van der Waals surface area contributed by atoms with E-state index in [0.717, 1.165) is 45.8 Å². The molecule has 0 bridgehead atoms. The molecule has 1 N–H and O–H groups in total. The van der Waals surface area contributed by atoms with Gasteiger partial charge in [0.2, 0.25) is 0 Å². The molecule has 0 aromatic heterocycles. The average molecular weight is 243 g/mol. The van der Waals surface area contributed by atoms with E-state index in [4.69, 9.17) is 9.47 Å². The van der Waals surface area contributed by atoms with Crippen LogP contribution in [-0.4, -0.2) is 61.7 Å². The van der Waals surface area contributed by atoms with E-state index in [-0.39, 0.29) is 6.61 Å². The van der Waals surface area contributed by atoms with Gasteiger partial charge < -0.3 is 14.6 Å². The highest BCUT2D eigenvalue weighted by Gasteiger charge is 2.21. The number of likely N-dealkylation sites (tertiary alicyclic amines) is 1. The summed E-state index contributed by atoms with van der Waals surface area (Å²) in [5.74, 6) is 0. The normalized spacial score (nSPS) is 30.9. The first kappa shape index (κ1) is 13.3. The highest BCUT2D eigenvalue weighted by Crippen LogP contribution is 2.16. The van der Waals surface area contributed by atoms with E-state index in [1.807, 2.05) is 0 Å². The number of hydrogen-bond acceptors (Lipinski definition) is 4. The number of ether oxygens (including phenoxy) is 2. The Labute approximate surface area is 104 Å². The fourth-order valence-corrected chi connectivity index (χ4v) is 2.73. The van der Waals surface area contributed by atoms with Gasteiger partial charge in [-0.3, -0.25) is 4.90 Å². The van der Waals surface area contributed by atoms with Gasteiger partial charge in [0.05, 0.1) is 25.9 Å². The van der Waals surface area contributed by atoms with E-state index in [0.29, 0.717) is 12.1 Å². The summed E-state index contributed by atoms with van der Waals surface area (Å²) in [6.45, 7) is 4.72. The molecule has 4 heteroatoms. The average Bonchev–Trinajstić information content (AvgIpc) is 2.88. The number of piperidine rings is 1. The molecule has 2 fully saturated rings. The molecular formula is C13H25NO3. The molecule has 2 heterocycles. The van der Waals surface area contributed by atoms with Gasteiger partial charge in [-0.05, 0) is 32.2 Å². The molecule has 2 unspecified atom stereocenters. The molecule has 2 saturated heterocycles. The first-order valence-electron chi connectivity index (χ1n) is 6.94. The van der Waals surface area contributed by atoms with Crippen molar-refractivity contribution in [1.29, 1.82) is 0 Å². The minimum atomic E-state index is 0.283. The Morgan fingerprint density at radius 3 is 2.94 bits per heavy atom. The molecule has 2 rings (SSSR count). The van der Waals surface area contributed by atoms with Crippen molar-refractivity contribution in [3.05, 3.63) is 0 Å². The van der Waals surface area contributed by atoms with Crippen molar-refractivity contribution in [3.63, 3.8) is 0 Å². The van der Waals surface area contributed by atoms with Crippen LogP contribution >= 0.6 is 0 Å². The van der Waals surface area contributed by atoms with E-state index < -0.39 is 0 Å². The summed E-state index contributed by atoms with van der Waals surface area (Å²) in [5.41, 5.74) is 0. The Kier molecular flexibility index (Phi) is 5.71. The van der Waals surface area contributed by atoms with Crippen LogP contribution in [0.5, 0.6) is 0 Å². The molecule has 0 aliphatic carbocycles. The highest BCUT2D eigenvalue weighted by molar-refractivity contribution is 4.75. The van der Waals surface area contributed by atoms with Crippen LogP contribution in [0, 0.1) is 0 Å². The zero-order chi connectivity index (χ0) is 11.9. The summed E-state index contributed by atoms with van der Waals surface area (Å²) >= 11 is 0. The van der Waals surface area contributed by atoms with Crippen LogP contribution in [0.25, 0.3) is 0 Å². The van der Waals surface area contributed by atoms with Crippen molar-refractivity contribution in [1.82, 2.24) is 4.90 Å². The lowest BCUT2D eigenvalue weighted by molar-refractivity contribution is -0.000393. The maximum absolute atomic E-state index is 9.29. The molecule has 100 valence electrons. The Balaban J connectivity index is 1.56. The van der Waals surface area contributed by atoms with Crippen LogP contribution in [0.3, 0.4) is 0 Å². The number of aliphatic hydroxyl groups excluding tert-OH is 1. The van der Waals surface area contributed by atoms with Crippen molar-refractivity contribution in [2.45, 2.75) is 44.2 Å². The molecular weight excluding hydrogens is 218 g/mol. The maximum atomic E-state index is 9.29. The first-order chi connectivity index (χ1) is 8.40. The Bertz CT molecular complexity index is 207. The molecule has 4 nitrogen and oxygen atoms in total. The summed E-state index contributed by atoms with van der Waals surface area (Å²) in [6, 6.07) is 0.357. The summed E-state index contributed by atoms with van der Waals surface area (Å²) in [4.78, 5) is 2.36. The third-order valence-electron chi connectivity index (χ3n) is 3.81. The summed E-state index contributed by atoms with van der Waals surface area (Å²) in [7, 11) is 0. The number of nitrogens with zero attached hydrogens (tertiary/aromatic N) is 1. The van der Waals surface area contributed by atoms with Crippen molar-refractivity contribution >= 4 is 0 Å². The lowest BCUT2D eigenvalue weighted by Gasteiger charge is -2.34. The van der Waals surface area contributed by atoms with Gasteiger partial charge in [0.15, 0.2) is 0 Å². The van der Waals surface area contributed by atoms with Crippen LogP contribution in [0.1, 0.15) is 32.1 Å². The van der Waals surface area contributed by atoms with E-state index in [1.54, 1.807) is 0 Å². The Morgan fingerprint density at radius 1 is 1.24 bits per heavy atom. The topological polar surface area (TPSA) is 41.9 Å². The fraction of sp³-hybridized carbons (Fsp3) is 1.00. The second-order valence-electron chi connectivity index (χ2n) is 5.08. The fourth-order valence-electron chi connectivity index (χ4n) is 2.73. The lowest BCUT2D eigenvalue weighted by atomic mass is 10.0. The summed E-state index contributed by atoms with van der Waals surface area (Å²) < 4.78 is 11.2. The number of rotatable bonds is 6. The zero-order valence-corrected chi connectivity index (χ0v) is 10.6. The van der Waals surface area contributed by atoms with Crippen molar-refractivity contribution in [2.75, 3.05) is 39.5 Å². The van der Waals surface area contributed by atoms with Gasteiger partial charge in [-0.15, -0.1) is 0 Å². The van der Waals surface area contributed by atoms with Crippen LogP contribution in [-0.2, 0) is 9.47 Å². The van der Waals surface area contributed by atoms with Gasteiger partial charge >= 0.3 is 0 Å². The molecule has 2 aliphatic heterocycles. The van der Waals surface area contributed by atoms with Crippen molar-refractivity contribution in [3.8, 4) is 0 Å². The van der Waals surface area contributed by atoms with Crippen LogP contribution in [0.2, 0.25) is 0 Å². The number of hydrogen-bond donors (Lipinski definition) is 1. The second-order valence-corrected chi connectivity index (χ2v) is 5.08. The smallest absolute Gasteiger partial charge is 0.0809 e. The molecule has 17 heavy (non-hydrogen) atoms. The predicted octanol–water partition coefficient (Wildman–Crippen LogP) is 1.03. The van der Waals surface area contributed by atoms with Gasteiger partial charge in [-0.1, -0.05) is 6.42 Å². The van der Waals surface area contributed by atoms with E-state index >= 15 is 0 Å². The molecule has 0 saturated carbocycles. The second kappa shape index (κ2) is 7.31. The molecule has 2 atom stereocenters. The van der Waals surface area contributed by atoms with Crippen molar-refractivity contribution in [2.24, 2.45) is 0 Å². The molecule has 2 aliphatic rings. The van der Waals surface area contributed by atoms with E-state index in [1.165, 1.54) is 19.3 Å². The number of aliphatic hydroxyl groups is 1. The molecule has 0 radical (unpaired) electrons. The monoisotopic (exact) mass is 243 g/mol. The summed E-state index contributed by atoms with van der Waals surface area (Å²) in [6.07, 6.45) is 6.27. The Morgan fingerprint density at radius 2 is 2.18 bits per heavy atom. The quantitative estimate of drug-likeness (QED) is 0.708. The largest absolute Gasteiger partial charge is 0.395 e. The van der Waals surface area contributed by atoms with Gasteiger partial charge in [0, 0.05) is 19.2 Å². The highest BCUT2D eigenvalue weighted by atomic mass is 16.5. The van der Waals surface area contributed by atoms with Gasteiger partial charge in [0.25, 0.3) is 0 Å². The standard InChI is InChI=1S/C13H25NO3/c15-10-12-4-1-2-6-14(12)7-9-16-11-13-5-3-8-17-13/h12-13,15H,1-11H2. The Hall–Kier alpha value is -0.160. The van der Waals surface area contributed by atoms with Gasteiger partial charge in [-0.2, -0.15) is 0 Å². The van der Waals surface area contributed by atoms with Gasteiger partial charge in [-0.25, -0.2) is 0 Å². The SMILES string of the molecule is OCC1CCCCN1CCOCC1CCCO1. The van der Waals surface area contributed by atoms with Crippen LogP contribution in [0.15, 0.2) is 0 Å². The molecule has 0 aromatic rings. The summed E-state index contributed by atoms with van der Waals surface area (Å²) in [5, 5.41) is 9.29. The lowest BCUT2D eigenvalue weighted by Crippen LogP contribution is -2.43. The molecule has 0 aromatic carbocycles. The molecule has 0 amide bonds. The third kappa shape index (κ3) is 4.21. The van der Waals surface area contributed by atoms with E-state index in [9.17, 15) is 5.11 Å². The zero-order valence-electron chi connectivity index (χ0n) is 10.6. The van der Waals surface area contributed by atoms with Crippen molar-refractivity contribution < 1.29 is 14.6 Å². The van der Waals surface area contributed by atoms with Crippen LogP contribution in [0.4, 0.5) is 0 Å². The van der Waals surface area contributed by atoms with Gasteiger partial charge in [0.1, 0.15) is 0 Å².